The topological polar surface area (TPSA) is 32.3 Å². The van der Waals surface area contributed by atoms with Crippen molar-refractivity contribution in [1.29, 1.82) is 0 Å². The summed E-state index contributed by atoms with van der Waals surface area (Å²) in [6, 6.07) is 2.03. The van der Waals surface area contributed by atoms with Crippen LogP contribution in [0.2, 0.25) is 0 Å². The molecule has 5 heteroatoms. The first-order chi connectivity index (χ1) is 8.58. The number of amides is 1. The molecule has 18 heavy (non-hydrogen) atoms. The third kappa shape index (κ3) is 3.33. The maximum absolute atomic E-state index is 12.1. The van der Waals surface area contributed by atoms with Crippen molar-refractivity contribution in [3.05, 3.63) is 20.3 Å². The molecule has 1 unspecified atom stereocenters. The second-order valence-corrected chi connectivity index (χ2v) is 6.95. The zero-order valence-corrected chi connectivity index (χ0v) is 13.2. The van der Waals surface area contributed by atoms with Gasteiger partial charge in [0.2, 0.25) is 5.91 Å². The van der Waals surface area contributed by atoms with Gasteiger partial charge in [-0.3, -0.25) is 4.79 Å². The number of carbonyl (C=O) groups excluding carboxylic acids is 1. The maximum atomic E-state index is 12.1. The Morgan fingerprint density at radius 2 is 2.22 bits per heavy atom. The van der Waals surface area contributed by atoms with Gasteiger partial charge in [-0.25, -0.2) is 0 Å². The molecule has 1 amide bonds. The number of carbonyl (C=O) groups is 1. The molecular formula is C13H19BrN2OS. The first kappa shape index (κ1) is 14.0. The second-order valence-electron chi connectivity index (χ2n) is 4.75. The molecule has 0 saturated carbocycles. The molecule has 0 radical (unpaired) electrons. The number of hydrogen-bond donors (Lipinski definition) is 1. The molecule has 1 atom stereocenters. The Kier molecular flexibility index (Phi) is 4.81. The second kappa shape index (κ2) is 6.17. The van der Waals surface area contributed by atoms with Crippen LogP contribution in [0.5, 0.6) is 0 Å². The first-order valence-electron chi connectivity index (χ1n) is 6.35. The van der Waals surface area contributed by atoms with E-state index in [-0.39, 0.29) is 11.9 Å². The van der Waals surface area contributed by atoms with Crippen molar-refractivity contribution < 1.29 is 4.79 Å². The largest absolute Gasteiger partial charge is 0.341 e. The van der Waals surface area contributed by atoms with E-state index in [0.29, 0.717) is 0 Å². The minimum Gasteiger partial charge on any atom is -0.341 e. The van der Waals surface area contributed by atoms with E-state index >= 15 is 0 Å². The quantitative estimate of drug-likeness (QED) is 0.920. The van der Waals surface area contributed by atoms with Crippen LogP contribution in [0.15, 0.2) is 10.5 Å². The van der Waals surface area contributed by atoms with Crippen LogP contribution in [0, 0.1) is 6.92 Å². The van der Waals surface area contributed by atoms with E-state index in [4.69, 9.17) is 0 Å². The van der Waals surface area contributed by atoms with Gasteiger partial charge in [-0.05, 0) is 48.7 Å². The highest BCUT2D eigenvalue weighted by Gasteiger charge is 2.22. The van der Waals surface area contributed by atoms with Gasteiger partial charge in [-0.2, -0.15) is 0 Å². The van der Waals surface area contributed by atoms with Gasteiger partial charge < -0.3 is 10.2 Å². The summed E-state index contributed by atoms with van der Waals surface area (Å²) in [5.41, 5.74) is 0. The van der Waals surface area contributed by atoms with Crippen molar-refractivity contribution in [3.63, 3.8) is 0 Å². The van der Waals surface area contributed by atoms with Gasteiger partial charge in [0.05, 0.1) is 6.04 Å². The lowest BCUT2D eigenvalue weighted by atomic mass is 10.3. The standard InChI is InChI=1S/C13H19BrN2OS/c1-9(13(17)16-5-3-4-6-16)15-8-11-7-12(14)10(2)18-11/h7,9,15H,3-6,8H2,1-2H3. The predicted octanol–water partition coefficient (Wildman–Crippen LogP) is 2.92. The summed E-state index contributed by atoms with van der Waals surface area (Å²) in [7, 11) is 0. The summed E-state index contributed by atoms with van der Waals surface area (Å²) < 4.78 is 1.16. The SMILES string of the molecule is Cc1sc(CNC(C)C(=O)N2CCCC2)cc1Br. The van der Waals surface area contributed by atoms with Gasteiger partial charge >= 0.3 is 0 Å². The highest BCUT2D eigenvalue weighted by Crippen LogP contribution is 2.26. The molecule has 2 heterocycles. The van der Waals surface area contributed by atoms with Gasteiger partial charge in [0, 0.05) is 33.9 Å². The van der Waals surface area contributed by atoms with Crippen LogP contribution in [0.1, 0.15) is 29.5 Å². The monoisotopic (exact) mass is 330 g/mol. The molecule has 1 aliphatic rings. The highest BCUT2D eigenvalue weighted by atomic mass is 79.9. The Morgan fingerprint density at radius 1 is 1.56 bits per heavy atom. The zero-order valence-electron chi connectivity index (χ0n) is 10.8. The molecular weight excluding hydrogens is 312 g/mol. The minimum absolute atomic E-state index is 0.0933. The fourth-order valence-corrected chi connectivity index (χ4v) is 3.71. The van der Waals surface area contributed by atoms with Crippen LogP contribution >= 0.6 is 27.3 Å². The molecule has 1 saturated heterocycles. The molecule has 3 nitrogen and oxygen atoms in total. The molecule has 2 rings (SSSR count). The molecule has 0 aliphatic carbocycles. The van der Waals surface area contributed by atoms with E-state index in [1.165, 1.54) is 9.75 Å². The van der Waals surface area contributed by atoms with E-state index in [9.17, 15) is 4.79 Å². The van der Waals surface area contributed by atoms with Crippen molar-refractivity contribution in [2.75, 3.05) is 13.1 Å². The van der Waals surface area contributed by atoms with E-state index in [1.807, 2.05) is 11.8 Å². The van der Waals surface area contributed by atoms with E-state index in [0.717, 1.165) is 36.9 Å². The summed E-state index contributed by atoms with van der Waals surface area (Å²) in [6.45, 7) is 6.66. The Bertz CT molecular complexity index is 407. The zero-order chi connectivity index (χ0) is 13.1. The van der Waals surface area contributed by atoms with Crippen molar-refractivity contribution in [1.82, 2.24) is 10.2 Å². The lowest BCUT2D eigenvalue weighted by molar-refractivity contribution is -0.131. The average molecular weight is 331 g/mol. The van der Waals surface area contributed by atoms with Crippen molar-refractivity contribution in [2.45, 2.75) is 39.3 Å². The molecule has 1 fully saturated rings. The molecule has 0 spiro atoms. The number of thiophene rings is 1. The van der Waals surface area contributed by atoms with Gasteiger partial charge in [-0.15, -0.1) is 11.3 Å². The predicted molar refractivity (Wildman–Crippen MR) is 78.9 cm³/mol. The van der Waals surface area contributed by atoms with Crippen molar-refractivity contribution in [3.8, 4) is 0 Å². The lowest BCUT2D eigenvalue weighted by Gasteiger charge is -2.20. The molecule has 1 N–H and O–H groups in total. The molecule has 1 aromatic rings. The summed E-state index contributed by atoms with van der Waals surface area (Å²) in [4.78, 5) is 16.6. The smallest absolute Gasteiger partial charge is 0.239 e. The molecule has 0 aromatic carbocycles. The van der Waals surface area contributed by atoms with Crippen molar-refractivity contribution in [2.24, 2.45) is 0 Å². The molecule has 0 bridgehead atoms. The van der Waals surface area contributed by atoms with Crippen LogP contribution in [-0.2, 0) is 11.3 Å². The number of likely N-dealkylation sites (tertiary alicyclic amines) is 1. The number of aryl methyl sites for hydroxylation is 1. The number of hydrogen-bond acceptors (Lipinski definition) is 3. The minimum atomic E-state index is -0.0933. The number of nitrogens with one attached hydrogen (secondary N) is 1. The fourth-order valence-electron chi connectivity index (χ4n) is 2.16. The van der Waals surface area contributed by atoms with E-state index in [2.05, 4.69) is 34.2 Å². The van der Waals surface area contributed by atoms with E-state index < -0.39 is 0 Å². The number of nitrogens with zero attached hydrogens (tertiary/aromatic N) is 1. The van der Waals surface area contributed by atoms with Gasteiger partial charge in [0.1, 0.15) is 0 Å². The third-order valence-corrected chi connectivity index (χ3v) is 5.42. The Balaban J connectivity index is 1.83. The maximum Gasteiger partial charge on any atom is 0.239 e. The van der Waals surface area contributed by atoms with Crippen LogP contribution in [0.3, 0.4) is 0 Å². The normalized spacial score (nSPS) is 17.2. The summed E-state index contributed by atoms with van der Waals surface area (Å²) in [5, 5.41) is 3.31. The average Bonchev–Trinajstić information content (AvgIpc) is 2.96. The van der Waals surface area contributed by atoms with Crippen LogP contribution in [0.25, 0.3) is 0 Å². The van der Waals surface area contributed by atoms with Gasteiger partial charge in [0.15, 0.2) is 0 Å². The number of rotatable bonds is 4. The number of halogens is 1. The first-order valence-corrected chi connectivity index (χ1v) is 7.96. The Labute approximate surface area is 121 Å². The Hall–Kier alpha value is -0.390. The van der Waals surface area contributed by atoms with Gasteiger partial charge in [0.25, 0.3) is 0 Å². The van der Waals surface area contributed by atoms with Crippen molar-refractivity contribution >= 4 is 33.2 Å². The molecule has 1 aliphatic heterocycles. The van der Waals surface area contributed by atoms with Crippen LogP contribution in [0.4, 0.5) is 0 Å². The third-order valence-electron chi connectivity index (χ3n) is 3.28. The summed E-state index contributed by atoms with van der Waals surface area (Å²) in [6.07, 6.45) is 2.30. The fraction of sp³-hybridized carbons (Fsp3) is 0.615. The molecule has 1 aromatic heterocycles. The van der Waals surface area contributed by atoms with Gasteiger partial charge in [-0.1, -0.05) is 0 Å². The Morgan fingerprint density at radius 3 is 2.78 bits per heavy atom. The summed E-state index contributed by atoms with van der Waals surface area (Å²) >= 11 is 5.28. The highest BCUT2D eigenvalue weighted by molar-refractivity contribution is 9.10. The summed E-state index contributed by atoms with van der Waals surface area (Å²) in [5.74, 6) is 0.236. The van der Waals surface area contributed by atoms with Crippen LogP contribution in [-0.4, -0.2) is 29.9 Å². The molecule has 100 valence electrons. The van der Waals surface area contributed by atoms with Crippen LogP contribution < -0.4 is 5.32 Å². The lowest BCUT2D eigenvalue weighted by Crippen LogP contribution is -2.43. The van der Waals surface area contributed by atoms with E-state index in [1.54, 1.807) is 11.3 Å².